The van der Waals surface area contributed by atoms with Gasteiger partial charge in [0.25, 0.3) is 0 Å². The molecule has 3 atom stereocenters. The minimum absolute atomic E-state index is 0.148. The first kappa shape index (κ1) is 18.5. The van der Waals surface area contributed by atoms with Crippen LogP contribution in [0.15, 0.2) is 54.7 Å². The van der Waals surface area contributed by atoms with Gasteiger partial charge < -0.3 is 21.1 Å². The number of nitrogens with two attached hydrogens (primary N) is 1. The summed E-state index contributed by atoms with van der Waals surface area (Å²) in [6, 6.07) is 14.6. The number of carbonyl (C=O) groups is 1. The number of hydrogen-bond donors (Lipinski definition) is 4. The zero-order chi connectivity index (χ0) is 18.7. The van der Waals surface area contributed by atoms with Crippen LogP contribution in [0.3, 0.4) is 0 Å². The largest absolute Gasteiger partial charge is 0.391 e. The van der Waals surface area contributed by atoms with Gasteiger partial charge in [-0.2, -0.15) is 0 Å². The third kappa shape index (κ3) is 3.75. The molecular formula is C20H22ClN3O2. The van der Waals surface area contributed by atoms with Crippen molar-refractivity contribution >= 4 is 28.4 Å². The van der Waals surface area contributed by atoms with Crippen molar-refractivity contribution in [1.29, 1.82) is 0 Å². The van der Waals surface area contributed by atoms with Crippen molar-refractivity contribution in [3.8, 4) is 0 Å². The first-order valence-electron chi connectivity index (χ1n) is 8.51. The molecule has 2 aromatic carbocycles. The number of fused-ring (bicyclic) bond motifs is 1. The number of para-hydroxylation sites is 1. The Kier molecular flexibility index (Phi) is 5.61. The van der Waals surface area contributed by atoms with E-state index in [0.717, 1.165) is 22.0 Å². The second-order valence-corrected chi connectivity index (χ2v) is 6.78. The van der Waals surface area contributed by atoms with E-state index in [0.29, 0.717) is 11.6 Å². The third-order valence-corrected chi connectivity index (χ3v) is 4.92. The van der Waals surface area contributed by atoms with E-state index in [1.165, 1.54) is 6.92 Å². The Balaban J connectivity index is 1.95. The lowest BCUT2D eigenvalue weighted by Gasteiger charge is -2.21. The van der Waals surface area contributed by atoms with Crippen LogP contribution in [-0.2, 0) is 4.79 Å². The maximum atomic E-state index is 12.2. The summed E-state index contributed by atoms with van der Waals surface area (Å²) in [5.74, 6) is -0.540. The van der Waals surface area contributed by atoms with E-state index < -0.39 is 18.1 Å². The van der Waals surface area contributed by atoms with Crippen LogP contribution in [0.5, 0.6) is 0 Å². The zero-order valence-corrected chi connectivity index (χ0v) is 15.2. The molecule has 0 bridgehead atoms. The molecule has 0 saturated heterocycles. The van der Waals surface area contributed by atoms with Crippen molar-refractivity contribution in [3.05, 3.63) is 70.9 Å². The highest BCUT2D eigenvalue weighted by Crippen LogP contribution is 2.34. The fraction of sp³-hybridized carbons (Fsp3) is 0.250. The number of amides is 1. The average molecular weight is 372 g/mol. The second kappa shape index (κ2) is 7.91. The highest BCUT2D eigenvalue weighted by atomic mass is 35.5. The van der Waals surface area contributed by atoms with Crippen LogP contribution in [0.25, 0.3) is 10.9 Å². The first-order valence-corrected chi connectivity index (χ1v) is 8.88. The summed E-state index contributed by atoms with van der Waals surface area (Å²) in [6.07, 6.45) is 1.03. The number of nitrogens with one attached hydrogen (secondary N) is 2. The Bertz CT molecular complexity index is 907. The molecule has 0 spiro atoms. The van der Waals surface area contributed by atoms with Gasteiger partial charge in [0.1, 0.15) is 6.04 Å². The molecule has 1 heterocycles. The summed E-state index contributed by atoms with van der Waals surface area (Å²) in [6.45, 7) is 1.82. The molecule has 5 nitrogen and oxygen atoms in total. The average Bonchev–Trinajstić information content (AvgIpc) is 3.06. The number of benzene rings is 2. The molecule has 1 amide bonds. The number of rotatable bonds is 6. The number of halogens is 1. The second-order valence-electron chi connectivity index (χ2n) is 6.38. The van der Waals surface area contributed by atoms with Gasteiger partial charge in [-0.05, 0) is 30.2 Å². The van der Waals surface area contributed by atoms with Gasteiger partial charge in [0.2, 0.25) is 5.91 Å². The SMILES string of the molecule is C[C@H](O)[C@H](N)C(=O)NCC(c1ccccc1Cl)c1c[nH]c2ccccc12. The summed E-state index contributed by atoms with van der Waals surface area (Å²) in [5.41, 5.74) is 8.71. The van der Waals surface area contributed by atoms with E-state index in [-0.39, 0.29) is 5.92 Å². The molecule has 1 unspecified atom stereocenters. The predicted molar refractivity (Wildman–Crippen MR) is 104 cm³/mol. The number of aromatic amines is 1. The van der Waals surface area contributed by atoms with E-state index in [9.17, 15) is 9.90 Å². The molecule has 136 valence electrons. The van der Waals surface area contributed by atoms with Crippen LogP contribution < -0.4 is 11.1 Å². The van der Waals surface area contributed by atoms with Crippen LogP contribution in [0, 0.1) is 0 Å². The Hall–Kier alpha value is -2.34. The number of hydrogen-bond acceptors (Lipinski definition) is 3. The molecule has 5 N–H and O–H groups in total. The lowest BCUT2D eigenvalue weighted by atomic mass is 9.90. The quantitative estimate of drug-likeness (QED) is 0.537. The van der Waals surface area contributed by atoms with Gasteiger partial charge >= 0.3 is 0 Å². The first-order chi connectivity index (χ1) is 12.5. The Labute approximate surface area is 157 Å². The van der Waals surface area contributed by atoms with Crippen molar-refractivity contribution in [1.82, 2.24) is 10.3 Å². The summed E-state index contributed by atoms with van der Waals surface area (Å²) in [4.78, 5) is 15.5. The smallest absolute Gasteiger partial charge is 0.239 e. The van der Waals surface area contributed by atoms with Crippen molar-refractivity contribution in [2.24, 2.45) is 5.73 Å². The highest BCUT2D eigenvalue weighted by Gasteiger charge is 2.24. The van der Waals surface area contributed by atoms with E-state index >= 15 is 0 Å². The van der Waals surface area contributed by atoms with Crippen LogP contribution in [0.1, 0.15) is 24.0 Å². The normalized spacial score (nSPS) is 14.8. The maximum Gasteiger partial charge on any atom is 0.239 e. The van der Waals surface area contributed by atoms with Gasteiger partial charge in [-0.15, -0.1) is 0 Å². The molecule has 26 heavy (non-hydrogen) atoms. The third-order valence-electron chi connectivity index (χ3n) is 4.58. The molecule has 3 aromatic rings. The molecule has 6 heteroatoms. The van der Waals surface area contributed by atoms with Gasteiger partial charge in [-0.25, -0.2) is 0 Å². The van der Waals surface area contributed by atoms with Crippen molar-refractivity contribution in [2.45, 2.75) is 25.0 Å². The summed E-state index contributed by atoms with van der Waals surface area (Å²) in [5, 5.41) is 14.1. The number of aromatic nitrogens is 1. The van der Waals surface area contributed by atoms with E-state index in [1.54, 1.807) is 0 Å². The standard InChI is InChI=1S/C20H22ClN3O2/c1-12(25)19(22)20(26)24-11-15(13-6-2-4-8-17(13)21)16-10-23-18-9-5-3-7-14(16)18/h2-10,12,15,19,23,25H,11,22H2,1H3,(H,24,26)/t12-,15?,19-/m0/s1. The number of aliphatic hydroxyl groups excluding tert-OH is 1. The van der Waals surface area contributed by atoms with Gasteiger partial charge in [-0.1, -0.05) is 48.0 Å². The number of H-pyrrole nitrogens is 1. The Morgan fingerprint density at radius 3 is 2.62 bits per heavy atom. The lowest BCUT2D eigenvalue weighted by molar-refractivity contribution is -0.124. The van der Waals surface area contributed by atoms with Gasteiger partial charge in [0.15, 0.2) is 0 Å². The van der Waals surface area contributed by atoms with Crippen molar-refractivity contribution < 1.29 is 9.90 Å². The molecule has 0 aliphatic carbocycles. The zero-order valence-electron chi connectivity index (χ0n) is 14.4. The van der Waals surface area contributed by atoms with Crippen LogP contribution in [0.2, 0.25) is 5.02 Å². The fourth-order valence-corrected chi connectivity index (χ4v) is 3.33. The predicted octanol–water partition coefficient (Wildman–Crippen LogP) is 2.78. The molecule has 0 fully saturated rings. The molecule has 3 rings (SSSR count). The van der Waals surface area contributed by atoms with Gasteiger partial charge in [-0.3, -0.25) is 4.79 Å². The number of carbonyl (C=O) groups excluding carboxylic acids is 1. The van der Waals surface area contributed by atoms with Crippen LogP contribution in [0.4, 0.5) is 0 Å². The molecule has 0 radical (unpaired) electrons. The molecule has 0 saturated carbocycles. The Morgan fingerprint density at radius 1 is 1.19 bits per heavy atom. The molecule has 1 aromatic heterocycles. The summed E-state index contributed by atoms with van der Waals surface area (Å²) < 4.78 is 0. The van der Waals surface area contributed by atoms with E-state index in [4.69, 9.17) is 17.3 Å². The molecular weight excluding hydrogens is 350 g/mol. The maximum absolute atomic E-state index is 12.2. The van der Waals surface area contributed by atoms with Crippen LogP contribution >= 0.6 is 11.6 Å². The van der Waals surface area contributed by atoms with Gasteiger partial charge in [0, 0.05) is 34.6 Å². The number of aliphatic hydroxyl groups is 1. The van der Waals surface area contributed by atoms with Crippen molar-refractivity contribution in [2.75, 3.05) is 6.54 Å². The van der Waals surface area contributed by atoms with E-state index in [1.807, 2.05) is 54.7 Å². The van der Waals surface area contributed by atoms with Gasteiger partial charge in [0.05, 0.1) is 6.10 Å². The highest BCUT2D eigenvalue weighted by molar-refractivity contribution is 6.31. The summed E-state index contributed by atoms with van der Waals surface area (Å²) in [7, 11) is 0. The lowest BCUT2D eigenvalue weighted by Crippen LogP contribution is -2.48. The molecule has 0 aliphatic heterocycles. The van der Waals surface area contributed by atoms with Crippen molar-refractivity contribution in [3.63, 3.8) is 0 Å². The minimum atomic E-state index is -0.968. The Morgan fingerprint density at radius 2 is 1.88 bits per heavy atom. The van der Waals surface area contributed by atoms with Crippen LogP contribution in [-0.4, -0.2) is 34.7 Å². The fourth-order valence-electron chi connectivity index (χ4n) is 3.07. The topological polar surface area (TPSA) is 91.1 Å². The monoisotopic (exact) mass is 371 g/mol. The molecule has 0 aliphatic rings. The summed E-state index contributed by atoms with van der Waals surface area (Å²) >= 11 is 6.43. The minimum Gasteiger partial charge on any atom is -0.391 e. The van der Waals surface area contributed by atoms with E-state index in [2.05, 4.69) is 10.3 Å².